The molecule has 0 saturated carbocycles. The molecule has 0 radical (unpaired) electrons. The lowest BCUT2D eigenvalue weighted by Crippen LogP contribution is -2.39. The van der Waals surface area contributed by atoms with Gasteiger partial charge in [-0.25, -0.2) is 4.99 Å². The Kier molecular flexibility index (Phi) is 3.65. The maximum absolute atomic E-state index is 12.6. The van der Waals surface area contributed by atoms with Crippen LogP contribution in [0.2, 0.25) is 0 Å². The van der Waals surface area contributed by atoms with Crippen molar-refractivity contribution in [3.63, 3.8) is 0 Å². The normalized spacial score (nSPS) is 17.2. The number of benzene rings is 2. The van der Waals surface area contributed by atoms with E-state index in [0.717, 1.165) is 11.3 Å². The number of carbonyl (C=O) groups is 1. The number of guanidine groups is 1. The number of aliphatic imine (C=N–C) groups is 1. The molecule has 0 aromatic heterocycles. The second kappa shape index (κ2) is 5.98. The zero-order chi connectivity index (χ0) is 17.4. The Labute approximate surface area is 145 Å². The SMILES string of the molecule is CN1C(=O)/C(=C/c2ccc3c(c2)OCO3)N=C1N(C)c1ccccc1. The molecule has 6 nitrogen and oxygen atoms in total. The highest BCUT2D eigenvalue weighted by molar-refractivity contribution is 6.17. The number of hydrogen-bond acceptors (Lipinski definition) is 5. The van der Waals surface area contributed by atoms with Crippen LogP contribution in [0.15, 0.2) is 59.2 Å². The van der Waals surface area contributed by atoms with Gasteiger partial charge in [0, 0.05) is 19.8 Å². The molecule has 0 N–H and O–H groups in total. The molecule has 6 heteroatoms. The molecule has 0 aliphatic carbocycles. The van der Waals surface area contributed by atoms with E-state index in [-0.39, 0.29) is 12.7 Å². The van der Waals surface area contributed by atoms with Crippen LogP contribution >= 0.6 is 0 Å². The van der Waals surface area contributed by atoms with E-state index in [1.165, 1.54) is 0 Å². The van der Waals surface area contributed by atoms with Crippen LogP contribution in [0.5, 0.6) is 11.5 Å². The molecule has 1 amide bonds. The number of likely N-dealkylation sites (N-methyl/N-ethyl adjacent to an activating group) is 1. The lowest BCUT2D eigenvalue weighted by atomic mass is 10.1. The van der Waals surface area contributed by atoms with Gasteiger partial charge in [-0.05, 0) is 35.9 Å². The van der Waals surface area contributed by atoms with Gasteiger partial charge in [0.2, 0.25) is 12.8 Å². The fourth-order valence-corrected chi connectivity index (χ4v) is 2.82. The summed E-state index contributed by atoms with van der Waals surface area (Å²) in [4.78, 5) is 20.5. The van der Waals surface area contributed by atoms with E-state index in [0.29, 0.717) is 23.2 Å². The number of ether oxygens (including phenoxy) is 2. The standard InChI is InChI=1S/C19H17N3O3/c1-21(14-6-4-3-5-7-14)19-20-15(18(23)22(19)2)10-13-8-9-16-17(11-13)25-12-24-16/h3-11H,12H2,1-2H3/b15-10-. The van der Waals surface area contributed by atoms with Gasteiger partial charge in [-0.2, -0.15) is 0 Å². The van der Waals surface area contributed by atoms with E-state index in [1.54, 1.807) is 18.0 Å². The van der Waals surface area contributed by atoms with Crippen molar-refractivity contribution < 1.29 is 14.3 Å². The first-order chi connectivity index (χ1) is 12.1. The molecule has 2 heterocycles. The highest BCUT2D eigenvalue weighted by Gasteiger charge is 2.30. The second-order valence-corrected chi connectivity index (χ2v) is 5.81. The summed E-state index contributed by atoms with van der Waals surface area (Å²) in [6.45, 7) is 0.223. The average Bonchev–Trinajstić information content (AvgIpc) is 3.21. The van der Waals surface area contributed by atoms with Gasteiger partial charge in [-0.15, -0.1) is 0 Å². The van der Waals surface area contributed by atoms with Crippen molar-refractivity contribution in [2.24, 2.45) is 4.99 Å². The first-order valence-electron chi connectivity index (χ1n) is 7.90. The topological polar surface area (TPSA) is 54.4 Å². The third kappa shape index (κ3) is 2.71. The van der Waals surface area contributed by atoms with Crippen LogP contribution in [0, 0.1) is 0 Å². The van der Waals surface area contributed by atoms with Gasteiger partial charge in [-0.3, -0.25) is 9.69 Å². The van der Waals surface area contributed by atoms with E-state index in [1.807, 2.05) is 60.5 Å². The minimum atomic E-state index is -0.143. The van der Waals surface area contributed by atoms with Crippen LogP contribution < -0.4 is 14.4 Å². The molecule has 25 heavy (non-hydrogen) atoms. The van der Waals surface area contributed by atoms with Crippen LogP contribution in [0.3, 0.4) is 0 Å². The Morgan fingerprint density at radius 1 is 1.12 bits per heavy atom. The molecule has 0 bridgehead atoms. The lowest BCUT2D eigenvalue weighted by Gasteiger charge is -2.23. The van der Waals surface area contributed by atoms with E-state index in [9.17, 15) is 4.79 Å². The fraction of sp³-hybridized carbons (Fsp3) is 0.158. The monoisotopic (exact) mass is 335 g/mol. The van der Waals surface area contributed by atoms with E-state index in [4.69, 9.17) is 9.47 Å². The summed E-state index contributed by atoms with van der Waals surface area (Å²) in [7, 11) is 3.61. The second-order valence-electron chi connectivity index (χ2n) is 5.81. The van der Waals surface area contributed by atoms with Gasteiger partial charge in [0.25, 0.3) is 5.91 Å². The predicted molar refractivity (Wildman–Crippen MR) is 95.6 cm³/mol. The molecular weight excluding hydrogens is 318 g/mol. The van der Waals surface area contributed by atoms with Gasteiger partial charge in [-0.1, -0.05) is 24.3 Å². The first kappa shape index (κ1) is 15.3. The maximum Gasteiger partial charge on any atom is 0.279 e. The van der Waals surface area contributed by atoms with Crippen molar-refractivity contribution in [2.45, 2.75) is 0 Å². The number of para-hydroxylation sites is 1. The zero-order valence-electron chi connectivity index (χ0n) is 14.0. The van der Waals surface area contributed by atoms with Gasteiger partial charge in [0.05, 0.1) is 0 Å². The number of rotatable bonds is 2. The summed E-state index contributed by atoms with van der Waals surface area (Å²) >= 11 is 0. The minimum Gasteiger partial charge on any atom is -0.454 e. The van der Waals surface area contributed by atoms with Crippen LogP contribution in [0.4, 0.5) is 5.69 Å². The van der Waals surface area contributed by atoms with Crippen LogP contribution in [0.1, 0.15) is 5.56 Å². The smallest absolute Gasteiger partial charge is 0.279 e. The molecule has 126 valence electrons. The summed E-state index contributed by atoms with van der Waals surface area (Å²) in [5.41, 5.74) is 2.19. The Bertz CT molecular complexity index is 890. The van der Waals surface area contributed by atoms with Crippen molar-refractivity contribution in [3.05, 3.63) is 59.8 Å². The Balaban J connectivity index is 1.66. The zero-order valence-corrected chi connectivity index (χ0v) is 14.0. The van der Waals surface area contributed by atoms with Crippen molar-refractivity contribution in [1.82, 2.24) is 4.90 Å². The minimum absolute atomic E-state index is 0.143. The molecule has 2 aliphatic rings. The molecular formula is C19H17N3O3. The molecule has 0 saturated heterocycles. The number of anilines is 1. The number of carbonyl (C=O) groups excluding carboxylic acids is 1. The summed E-state index contributed by atoms with van der Waals surface area (Å²) in [6, 6.07) is 15.4. The first-order valence-corrected chi connectivity index (χ1v) is 7.90. The number of amides is 1. The van der Waals surface area contributed by atoms with Crippen molar-refractivity contribution in [3.8, 4) is 11.5 Å². The summed E-state index contributed by atoms with van der Waals surface area (Å²) in [5.74, 6) is 1.84. The molecule has 4 rings (SSSR count). The maximum atomic E-state index is 12.6. The van der Waals surface area contributed by atoms with Crippen molar-refractivity contribution in [1.29, 1.82) is 0 Å². The predicted octanol–water partition coefficient (Wildman–Crippen LogP) is 2.72. The van der Waals surface area contributed by atoms with Crippen LogP contribution in [-0.2, 0) is 4.79 Å². The average molecular weight is 335 g/mol. The quantitative estimate of drug-likeness (QED) is 0.792. The Hall–Kier alpha value is -3.28. The summed E-state index contributed by atoms with van der Waals surface area (Å²) in [5, 5.41) is 0. The van der Waals surface area contributed by atoms with E-state index in [2.05, 4.69) is 4.99 Å². The molecule has 2 aromatic rings. The molecule has 0 unspecified atom stereocenters. The molecule has 0 atom stereocenters. The Morgan fingerprint density at radius 2 is 1.88 bits per heavy atom. The van der Waals surface area contributed by atoms with Crippen molar-refractivity contribution in [2.75, 3.05) is 25.8 Å². The number of fused-ring (bicyclic) bond motifs is 1. The van der Waals surface area contributed by atoms with E-state index < -0.39 is 0 Å². The molecule has 2 aliphatic heterocycles. The van der Waals surface area contributed by atoms with Crippen molar-refractivity contribution >= 4 is 23.6 Å². The Morgan fingerprint density at radius 3 is 2.68 bits per heavy atom. The number of nitrogens with zero attached hydrogens (tertiary/aromatic N) is 3. The van der Waals surface area contributed by atoms with Gasteiger partial charge >= 0.3 is 0 Å². The summed E-state index contributed by atoms with van der Waals surface area (Å²) < 4.78 is 10.7. The van der Waals surface area contributed by atoms with Gasteiger partial charge in [0.1, 0.15) is 5.70 Å². The van der Waals surface area contributed by atoms with Crippen LogP contribution in [-0.4, -0.2) is 37.7 Å². The van der Waals surface area contributed by atoms with Crippen LogP contribution in [0.25, 0.3) is 6.08 Å². The molecule has 0 spiro atoms. The van der Waals surface area contributed by atoms with Gasteiger partial charge < -0.3 is 14.4 Å². The van der Waals surface area contributed by atoms with E-state index >= 15 is 0 Å². The molecule has 2 aromatic carbocycles. The number of hydrogen-bond donors (Lipinski definition) is 0. The lowest BCUT2D eigenvalue weighted by molar-refractivity contribution is -0.121. The highest BCUT2D eigenvalue weighted by Crippen LogP contribution is 2.33. The largest absolute Gasteiger partial charge is 0.454 e. The summed E-state index contributed by atoms with van der Waals surface area (Å²) in [6.07, 6.45) is 1.76. The third-order valence-electron chi connectivity index (χ3n) is 4.19. The van der Waals surface area contributed by atoms with Gasteiger partial charge in [0.15, 0.2) is 11.5 Å². The fourth-order valence-electron chi connectivity index (χ4n) is 2.82. The highest BCUT2D eigenvalue weighted by atomic mass is 16.7. The third-order valence-corrected chi connectivity index (χ3v) is 4.19. The molecule has 0 fully saturated rings.